The molecule has 1 aliphatic rings. The van der Waals surface area contributed by atoms with Crippen molar-refractivity contribution in [1.82, 2.24) is 9.78 Å². The predicted octanol–water partition coefficient (Wildman–Crippen LogP) is 2.51. The van der Waals surface area contributed by atoms with Crippen molar-refractivity contribution in [3.8, 4) is 11.6 Å². The second-order valence-electron chi connectivity index (χ2n) is 6.11. The van der Waals surface area contributed by atoms with E-state index < -0.39 is 9.84 Å². The van der Waals surface area contributed by atoms with E-state index in [1.165, 1.54) is 38.6 Å². The van der Waals surface area contributed by atoms with Crippen LogP contribution in [0.1, 0.15) is 40.4 Å². The van der Waals surface area contributed by atoms with E-state index >= 15 is 0 Å². The topological polar surface area (TPSA) is 87.5 Å². The number of carbonyl (C=O) groups is 1. The molecule has 2 aromatic rings. The highest BCUT2D eigenvalue weighted by molar-refractivity contribution is 7.90. The summed E-state index contributed by atoms with van der Waals surface area (Å²) in [7, 11) is -0.624. The van der Waals surface area contributed by atoms with Gasteiger partial charge in [0.25, 0.3) is 0 Å². The van der Waals surface area contributed by atoms with Crippen LogP contribution >= 0.6 is 0 Å². The summed E-state index contributed by atoms with van der Waals surface area (Å²) in [6.45, 7) is 3.66. The average Bonchev–Trinajstić information content (AvgIpc) is 3.37. The molecule has 1 saturated carbocycles. The lowest BCUT2D eigenvalue weighted by atomic mass is 10.0. The number of hydrogen-bond donors (Lipinski definition) is 0. The first-order valence-electron chi connectivity index (χ1n) is 8.03. The first kappa shape index (κ1) is 18.2. The predicted molar refractivity (Wildman–Crippen MR) is 96.7 cm³/mol. The van der Waals surface area contributed by atoms with Crippen LogP contribution in [0.2, 0.25) is 0 Å². The molecule has 138 valence electrons. The van der Waals surface area contributed by atoms with Crippen LogP contribution in [0, 0.1) is 0 Å². The largest absolute Gasteiger partial charge is 0.495 e. The van der Waals surface area contributed by atoms with Gasteiger partial charge in [0, 0.05) is 11.8 Å². The van der Waals surface area contributed by atoms with Crippen LogP contribution in [0.4, 0.5) is 0 Å². The fraction of sp³-hybridized carbons (Fsp3) is 0.333. The Labute approximate surface area is 152 Å². The lowest BCUT2D eigenvalue weighted by molar-refractivity contribution is 0.103. The molecule has 0 atom stereocenters. The lowest BCUT2D eigenvalue weighted by Gasteiger charge is -2.14. The Kier molecular flexibility index (Phi) is 4.62. The van der Waals surface area contributed by atoms with Crippen molar-refractivity contribution in [3.63, 3.8) is 0 Å². The van der Waals surface area contributed by atoms with Gasteiger partial charge in [0.1, 0.15) is 11.3 Å². The van der Waals surface area contributed by atoms with Crippen LogP contribution in [0.15, 0.2) is 29.8 Å². The Balaban J connectivity index is 2.15. The Hall–Kier alpha value is -2.61. The smallest absolute Gasteiger partial charge is 0.223 e. The maximum atomic E-state index is 13.1. The summed E-state index contributed by atoms with van der Waals surface area (Å²) >= 11 is 0. The number of ketones is 1. The molecule has 1 heterocycles. The number of ether oxygens (including phenoxy) is 2. The normalized spacial score (nSPS) is 14.1. The van der Waals surface area contributed by atoms with E-state index in [-0.39, 0.29) is 33.6 Å². The second kappa shape index (κ2) is 6.60. The number of aromatic nitrogens is 2. The molecule has 0 unspecified atom stereocenters. The average molecular weight is 376 g/mol. The summed E-state index contributed by atoms with van der Waals surface area (Å²) in [5.74, 6) is 0.204. The van der Waals surface area contributed by atoms with Gasteiger partial charge in [0.15, 0.2) is 9.84 Å². The van der Waals surface area contributed by atoms with Crippen molar-refractivity contribution in [2.45, 2.75) is 23.8 Å². The van der Waals surface area contributed by atoms with E-state index in [1.807, 2.05) is 0 Å². The highest BCUT2D eigenvalue weighted by Gasteiger charge is 2.32. The van der Waals surface area contributed by atoms with E-state index in [1.54, 1.807) is 4.68 Å². The minimum absolute atomic E-state index is 0.0570. The molecule has 3 rings (SSSR count). The van der Waals surface area contributed by atoms with Crippen LogP contribution in [-0.4, -0.2) is 44.5 Å². The molecule has 1 fully saturated rings. The van der Waals surface area contributed by atoms with Gasteiger partial charge in [-0.15, -0.1) is 0 Å². The van der Waals surface area contributed by atoms with E-state index in [9.17, 15) is 13.2 Å². The van der Waals surface area contributed by atoms with Crippen LogP contribution in [-0.2, 0) is 9.84 Å². The number of hydrogen-bond acceptors (Lipinski definition) is 6. The Morgan fingerprint density at radius 2 is 1.96 bits per heavy atom. The third-order valence-electron chi connectivity index (χ3n) is 4.29. The second-order valence-corrected chi connectivity index (χ2v) is 8.09. The molecular weight excluding hydrogens is 356 g/mol. The standard InChI is InChI=1S/C18H20N2O5S/c1-5-12-15(26(4,22)23)9-8-13(17(12)24-2)16(21)14-10-19-20(11-6-7-11)18(14)25-3/h5,8-11H,1,6-7H2,2-4H3. The lowest BCUT2D eigenvalue weighted by Crippen LogP contribution is -2.10. The molecule has 0 bridgehead atoms. The number of nitrogens with zero attached hydrogens (tertiary/aromatic N) is 2. The van der Waals surface area contributed by atoms with E-state index in [2.05, 4.69) is 11.7 Å². The maximum absolute atomic E-state index is 13.1. The van der Waals surface area contributed by atoms with Gasteiger partial charge in [-0.2, -0.15) is 5.10 Å². The fourth-order valence-electron chi connectivity index (χ4n) is 2.93. The summed E-state index contributed by atoms with van der Waals surface area (Å²) in [6, 6.07) is 3.09. The van der Waals surface area contributed by atoms with Gasteiger partial charge < -0.3 is 9.47 Å². The molecule has 26 heavy (non-hydrogen) atoms. The quantitative estimate of drug-likeness (QED) is 0.690. The zero-order valence-corrected chi connectivity index (χ0v) is 15.7. The first-order chi connectivity index (χ1) is 12.3. The molecule has 0 aliphatic heterocycles. The van der Waals surface area contributed by atoms with Gasteiger partial charge in [0.2, 0.25) is 11.7 Å². The van der Waals surface area contributed by atoms with E-state index in [4.69, 9.17) is 9.47 Å². The Bertz CT molecular complexity index is 987. The highest BCUT2D eigenvalue weighted by Crippen LogP contribution is 2.40. The maximum Gasteiger partial charge on any atom is 0.223 e. The number of methoxy groups -OCH3 is 2. The minimum Gasteiger partial charge on any atom is -0.495 e. The molecule has 0 spiro atoms. The monoisotopic (exact) mass is 376 g/mol. The first-order valence-corrected chi connectivity index (χ1v) is 9.92. The summed E-state index contributed by atoms with van der Waals surface area (Å²) < 4.78 is 36.5. The van der Waals surface area contributed by atoms with Gasteiger partial charge >= 0.3 is 0 Å². The van der Waals surface area contributed by atoms with Crippen molar-refractivity contribution in [3.05, 3.63) is 41.6 Å². The van der Waals surface area contributed by atoms with Crippen LogP contribution < -0.4 is 9.47 Å². The van der Waals surface area contributed by atoms with Crippen molar-refractivity contribution < 1.29 is 22.7 Å². The number of sulfone groups is 1. The zero-order chi connectivity index (χ0) is 19.1. The van der Waals surface area contributed by atoms with Crippen molar-refractivity contribution >= 4 is 21.7 Å². The number of rotatable bonds is 7. The number of carbonyl (C=O) groups excluding carboxylic acids is 1. The summed E-state index contributed by atoms with van der Waals surface area (Å²) in [6.07, 6.45) is 5.93. The van der Waals surface area contributed by atoms with Gasteiger partial charge in [-0.25, -0.2) is 13.1 Å². The summed E-state index contributed by atoms with van der Waals surface area (Å²) in [5, 5.41) is 4.26. The van der Waals surface area contributed by atoms with E-state index in [0.717, 1.165) is 19.1 Å². The van der Waals surface area contributed by atoms with Crippen LogP contribution in [0.25, 0.3) is 6.08 Å². The zero-order valence-electron chi connectivity index (χ0n) is 14.9. The van der Waals surface area contributed by atoms with E-state index in [0.29, 0.717) is 11.4 Å². The summed E-state index contributed by atoms with van der Waals surface area (Å²) in [4.78, 5) is 13.2. The molecule has 7 nitrogen and oxygen atoms in total. The number of benzene rings is 1. The molecular formula is C18H20N2O5S. The van der Waals surface area contributed by atoms with Crippen molar-refractivity contribution in [2.24, 2.45) is 0 Å². The van der Waals surface area contributed by atoms with Crippen LogP contribution in [0.5, 0.6) is 11.6 Å². The molecule has 0 amide bonds. The molecule has 0 N–H and O–H groups in total. The van der Waals surface area contributed by atoms with Gasteiger partial charge in [-0.1, -0.05) is 12.7 Å². The third kappa shape index (κ3) is 3.01. The molecule has 0 saturated heterocycles. The third-order valence-corrected chi connectivity index (χ3v) is 5.44. The molecule has 1 aromatic carbocycles. The summed E-state index contributed by atoms with van der Waals surface area (Å²) in [5.41, 5.74) is 0.790. The van der Waals surface area contributed by atoms with Crippen LogP contribution in [0.3, 0.4) is 0 Å². The molecule has 1 aliphatic carbocycles. The fourth-order valence-corrected chi connectivity index (χ4v) is 3.82. The molecule has 0 radical (unpaired) electrons. The SMILES string of the molecule is C=Cc1c(S(C)(=O)=O)ccc(C(=O)c2cnn(C3CC3)c2OC)c1OC. The van der Waals surface area contributed by atoms with Gasteiger partial charge in [-0.05, 0) is 25.0 Å². The minimum atomic E-state index is -3.50. The Morgan fingerprint density at radius 3 is 2.46 bits per heavy atom. The van der Waals surface area contributed by atoms with Crippen molar-refractivity contribution in [1.29, 1.82) is 0 Å². The molecule has 1 aromatic heterocycles. The highest BCUT2D eigenvalue weighted by atomic mass is 32.2. The van der Waals surface area contributed by atoms with Crippen molar-refractivity contribution in [2.75, 3.05) is 20.5 Å². The molecule has 8 heteroatoms. The van der Waals surface area contributed by atoms with Gasteiger partial charge in [-0.3, -0.25) is 4.79 Å². The van der Waals surface area contributed by atoms with Gasteiger partial charge in [0.05, 0.1) is 36.9 Å². The Morgan fingerprint density at radius 1 is 1.27 bits per heavy atom.